The average Bonchev–Trinajstić information content (AvgIpc) is 2.29. The number of aromatic amines is 2. The molecule has 0 fully saturated rings. The molecule has 0 saturated heterocycles. The van der Waals surface area contributed by atoms with Crippen LogP contribution in [-0.4, -0.2) is 17.1 Å². The van der Waals surface area contributed by atoms with Crippen molar-refractivity contribution in [1.29, 1.82) is 0 Å². The number of aromatic nitrogens is 2. The molecule has 0 aliphatic carbocycles. The van der Waals surface area contributed by atoms with E-state index >= 15 is 0 Å². The lowest BCUT2D eigenvalue weighted by atomic mass is 10.1. The van der Waals surface area contributed by atoms with Crippen LogP contribution in [0.5, 0.6) is 5.75 Å². The first-order valence-corrected chi connectivity index (χ1v) is 4.67. The fraction of sp³-hybridized carbons (Fsp3) is 0.0909. The van der Waals surface area contributed by atoms with Crippen LogP contribution >= 0.6 is 0 Å². The summed E-state index contributed by atoms with van der Waals surface area (Å²) in [5, 5.41) is 0. The number of H-pyrrole nitrogens is 2. The molecule has 5 heteroatoms. The molecular weight excluding hydrogens is 208 g/mol. The first-order chi connectivity index (χ1) is 7.70. The maximum atomic E-state index is 11.5. The van der Waals surface area contributed by atoms with Crippen LogP contribution in [-0.2, 0) is 0 Å². The summed E-state index contributed by atoms with van der Waals surface area (Å²) in [5.41, 5.74) is 0.219. The Bertz CT molecular complexity index is 596. The van der Waals surface area contributed by atoms with Gasteiger partial charge in [0.15, 0.2) is 0 Å². The van der Waals surface area contributed by atoms with Gasteiger partial charge in [0, 0.05) is 6.20 Å². The zero-order valence-corrected chi connectivity index (χ0v) is 8.61. The molecule has 2 rings (SSSR count). The number of ether oxygens (including phenoxy) is 1. The third-order valence-electron chi connectivity index (χ3n) is 2.22. The Kier molecular flexibility index (Phi) is 2.59. The number of nitrogens with one attached hydrogen (secondary N) is 2. The van der Waals surface area contributed by atoms with Crippen LogP contribution in [0.1, 0.15) is 0 Å². The Hall–Kier alpha value is -2.30. The molecule has 16 heavy (non-hydrogen) atoms. The lowest BCUT2D eigenvalue weighted by Crippen LogP contribution is -2.22. The highest BCUT2D eigenvalue weighted by molar-refractivity contribution is 5.61. The van der Waals surface area contributed by atoms with Gasteiger partial charge < -0.3 is 9.72 Å². The van der Waals surface area contributed by atoms with Gasteiger partial charge in [0.05, 0.1) is 12.7 Å². The standard InChI is InChI=1S/C11H10N2O3/c1-16-8-4-2-7(3-5-8)9-6-12-11(15)13-10(9)14/h2-6H,1H3,(H2,12,13,14,15). The summed E-state index contributed by atoms with van der Waals surface area (Å²) in [7, 11) is 1.57. The molecule has 1 aromatic heterocycles. The highest BCUT2D eigenvalue weighted by atomic mass is 16.5. The first kappa shape index (κ1) is 10.2. The van der Waals surface area contributed by atoms with E-state index < -0.39 is 11.2 Å². The van der Waals surface area contributed by atoms with Gasteiger partial charge in [-0.15, -0.1) is 0 Å². The largest absolute Gasteiger partial charge is 0.497 e. The van der Waals surface area contributed by atoms with Crippen LogP contribution < -0.4 is 16.0 Å². The van der Waals surface area contributed by atoms with Crippen LogP contribution in [0.15, 0.2) is 40.1 Å². The van der Waals surface area contributed by atoms with Crippen molar-refractivity contribution in [2.75, 3.05) is 7.11 Å². The number of rotatable bonds is 2. The van der Waals surface area contributed by atoms with Crippen LogP contribution in [0, 0.1) is 0 Å². The average molecular weight is 218 g/mol. The predicted octanol–water partition coefficient (Wildman–Crippen LogP) is 0.739. The minimum atomic E-state index is -0.512. The van der Waals surface area contributed by atoms with Crippen molar-refractivity contribution in [3.05, 3.63) is 51.3 Å². The van der Waals surface area contributed by atoms with Crippen LogP contribution in [0.3, 0.4) is 0 Å². The van der Waals surface area contributed by atoms with Crippen LogP contribution in [0.2, 0.25) is 0 Å². The van der Waals surface area contributed by atoms with Gasteiger partial charge >= 0.3 is 5.69 Å². The van der Waals surface area contributed by atoms with Gasteiger partial charge in [0.25, 0.3) is 5.56 Å². The first-order valence-electron chi connectivity index (χ1n) is 4.67. The molecule has 82 valence electrons. The molecule has 0 radical (unpaired) electrons. The molecule has 2 N–H and O–H groups in total. The van der Waals surface area contributed by atoms with E-state index in [1.807, 2.05) is 0 Å². The van der Waals surface area contributed by atoms with Gasteiger partial charge in [-0.3, -0.25) is 9.78 Å². The van der Waals surface area contributed by atoms with Crippen LogP contribution in [0.25, 0.3) is 11.1 Å². The summed E-state index contributed by atoms with van der Waals surface area (Å²) in [6.45, 7) is 0. The molecule has 0 spiro atoms. The molecule has 0 atom stereocenters. The zero-order chi connectivity index (χ0) is 11.5. The third-order valence-corrected chi connectivity index (χ3v) is 2.22. The minimum absolute atomic E-state index is 0.408. The van der Waals surface area contributed by atoms with Gasteiger partial charge in [-0.1, -0.05) is 12.1 Å². The Balaban J connectivity index is 2.50. The molecule has 0 saturated carbocycles. The summed E-state index contributed by atoms with van der Waals surface area (Å²) in [6, 6.07) is 7.00. The van der Waals surface area contributed by atoms with E-state index in [4.69, 9.17) is 4.74 Å². The highest BCUT2D eigenvalue weighted by Gasteiger charge is 2.03. The number of methoxy groups -OCH3 is 1. The zero-order valence-electron chi connectivity index (χ0n) is 8.61. The molecule has 0 unspecified atom stereocenters. The fourth-order valence-electron chi connectivity index (χ4n) is 1.39. The van der Waals surface area contributed by atoms with Crippen molar-refractivity contribution < 1.29 is 4.74 Å². The van der Waals surface area contributed by atoms with E-state index in [2.05, 4.69) is 9.97 Å². The second kappa shape index (κ2) is 4.06. The van der Waals surface area contributed by atoms with Crippen LogP contribution in [0.4, 0.5) is 0 Å². The second-order valence-corrected chi connectivity index (χ2v) is 3.21. The summed E-state index contributed by atoms with van der Waals surface area (Å²) in [6.07, 6.45) is 1.39. The number of hydrogen-bond donors (Lipinski definition) is 2. The molecule has 0 bridgehead atoms. The molecule has 0 aliphatic rings. The Morgan fingerprint density at radius 3 is 2.38 bits per heavy atom. The maximum absolute atomic E-state index is 11.5. The Labute approximate surface area is 90.7 Å². The summed E-state index contributed by atoms with van der Waals surface area (Å²) < 4.78 is 5.01. The van der Waals surface area contributed by atoms with Crippen molar-refractivity contribution in [3.63, 3.8) is 0 Å². The van der Waals surface area contributed by atoms with E-state index in [-0.39, 0.29) is 0 Å². The topological polar surface area (TPSA) is 75.0 Å². The van der Waals surface area contributed by atoms with Crippen molar-refractivity contribution in [3.8, 4) is 16.9 Å². The van der Waals surface area contributed by atoms with E-state index in [0.717, 1.165) is 5.56 Å². The predicted molar refractivity (Wildman–Crippen MR) is 59.7 cm³/mol. The lowest BCUT2D eigenvalue weighted by Gasteiger charge is -2.02. The van der Waals surface area contributed by atoms with E-state index in [9.17, 15) is 9.59 Å². The molecule has 0 amide bonds. The normalized spacial score (nSPS) is 10.1. The van der Waals surface area contributed by atoms with Gasteiger partial charge in [0.2, 0.25) is 0 Å². The Morgan fingerprint density at radius 2 is 1.81 bits per heavy atom. The van der Waals surface area contributed by atoms with Gasteiger partial charge in [-0.05, 0) is 17.7 Å². The van der Waals surface area contributed by atoms with Gasteiger partial charge in [0.1, 0.15) is 5.75 Å². The van der Waals surface area contributed by atoms with Crippen molar-refractivity contribution in [1.82, 2.24) is 9.97 Å². The molecule has 1 aromatic carbocycles. The van der Waals surface area contributed by atoms with Crippen molar-refractivity contribution in [2.45, 2.75) is 0 Å². The number of hydrogen-bond acceptors (Lipinski definition) is 3. The molecular formula is C11H10N2O3. The second-order valence-electron chi connectivity index (χ2n) is 3.21. The lowest BCUT2D eigenvalue weighted by molar-refractivity contribution is 0.415. The Morgan fingerprint density at radius 1 is 1.12 bits per heavy atom. The quantitative estimate of drug-likeness (QED) is 0.780. The third kappa shape index (κ3) is 1.88. The fourth-order valence-corrected chi connectivity index (χ4v) is 1.39. The maximum Gasteiger partial charge on any atom is 0.325 e. The summed E-state index contributed by atoms with van der Waals surface area (Å²) in [5.74, 6) is 0.713. The minimum Gasteiger partial charge on any atom is -0.497 e. The highest BCUT2D eigenvalue weighted by Crippen LogP contribution is 2.18. The molecule has 2 aromatic rings. The van der Waals surface area contributed by atoms with E-state index in [1.165, 1.54) is 6.20 Å². The van der Waals surface area contributed by atoms with Gasteiger partial charge in [-0.2, -0.15) is 0 Å². The summed E-state index contributed by atoms with van der Waals surface area (Å²) in [4.78, 5) is 26.9. The van der Waals surface area contributed by atoms with E-state index in [1.54, 1.807) is 31.4 Å². The molecule has 0 aliphatic heterocycles. The monoisotopic (exact) mass is 218 g/mol. The van der Waals surface area contributed by atoms with E-state index in [0.29, 0.717) is 11.3 Å². The van der Waals surface area contributed by atoms with Crippen molar-refractivity contribution >= 4 is 0 Å². The van der Waals surface area contributed by atoms with Gasteiger partial charge in [-0.25, -0.2) is 4.79 Å². The number of benzene rings is 1. The molecule has 5 nitrogen and oxygen atoms in total. The smallest absolute Gasteiger partial charge is 0.325 e. The molecule has 1 heterocycles. The summed E-state index contributed by atoms with van der Waals surface area (Å²) >= 11 is 0. The van der Waals surface area contributed by atoms with Crippen molar-refractivity contribution in [2.24, 2.45) is 0 Å². The SMILES string of the molecule is COc1ccc(-c2c[nH]c(=O)[nH]c2=O)cc1.